The molecular formula is C15H30N9O3+. The van der Waals surface area contributed by atoms with Gasteiger partial charge in [0.1, 0.15) is 6.04 Å². The van der Waals surface area contributed by atoms with Crippen molar-refractivity contribution in [1.29, 1.82) is 0 Å². The summed E-state index contributed by atoms with van der Waals surface area (Å²) >= 11 is 0. The number of nitrogens with two attached hydrogens (primary N) is 3. The molecule has 4 amide bonds. The molecule has 0 saturated carbocycles. The topological polar surface area (TPSA) is 184 Å². The van der Waals surface area contributed by atoms with Crippen molar-refractivity contribution in [3.63, 3.8) is 0 Å². The number of guanidine groups is 2. The van der Waals surface area contributed by atoms with E-state index in [0.717, 1.165) is 6.42 Å². The third kappa shape index (κ3) is 7.09. The molecule has 2 atom stereocenters. The van der Waals surface area contributed by atoms with E-state index in [2.05, 4.69) is 20.9 Å². The highest BCUT2D eigenvalue weighted by atomic mass is 16.2. The van der Waals surface area contributed by atoms with Gasteiger partial charge in [-0.15, -0.1) is 0 Å². The second-order valence-corrected chi connectivity index (χ2v) is 6.35. The van der Waals surface area contributed by atoms with Gasteiger partial charge in [-0.25, -0.2) is 9.79 Å². The molecule has 0 radical (unpaired) electrons. The predicted octanol–water partition coefficient (Wildman–Crippen LogP) is -3.36. The van der Waals surface area contributed by atoms with Crippen LogP contribution >= 0.6 is 0 Å². The van der Waals surface area contributed by atoms with Crippen molar-refractivity contribution >= 4 is 29.8 Å². The number of nitrogens with zero attached hydrogens (tertiary/aromatic N) is 3. The van der Waals surface area contributed by atoms with E-state index in [-0.39, 0.29) is 30.9 Å². The van der Waals surface area contributed by atoms with Crippen molar-refractivity contribution in [2.75, 3.05) is 34.2 Å². The molecule has 12 nitrogen and oxygen atoms in total. The summed E-state index contributed by atoms with van der Waals surface area (Å²) in [6.07, 6.45) is 1.53. The third-order valence-corrected chi connectivity index (χ3v) is 4.24. The van der Waals surface area contributed by atoms with E-state index in [1.165, 1.54) is 11.9 Å². The largest absolute Gasteiger partial charge is 0.351 e. The van der Waals surface area contributed by atoms with Crippen LogP contribution in [-0.4, -0.2) is 85.6 Å². The molecule has 1 aliphatic rings. The number of rotatable bonds is 7. The molecule has 9 N–H and O–H groups in total. The summed E-state index contributed by atoms with van der Waals surface area (Å²) < 4.78 is 1.86. The number of carbonyl (C=O) groups is 3. The summed E-state index contributed by atoms with van der Waals surface area (Å²) in [5.74, 6) is -0.159. The fourth-order valence-electron chi connectivity index (χ4n) is 2.53. The first-order valence-corrected chi connectivity index (χ1v) is 8.60. The van der Waals surface area contributed by atoms with Gasteiger partial charge in [0.25, 0.3) is 5.91 Å². The summed E-state index contributed by atoms with van der Waals surface area (Å²) in [4.78, 5) is 40.6. The molecular weight excluding hydrogens is 354 g/mol. The highest BCUT2D eigenvalue weighted by Gasteiger charge is 2.31. The smallest absolute Gasteiger partial charge is 0.342 e. The average Bonchev–Trinajstić information content (AvgIpc) is 2.59. The van der Waals surface area contributed by atoms with Gasteiger partial charge in [-0.3, -0.25) is 35.8 Å². The van der Waals surface area contributed by atoms with Crippen LogP contribution in [0.25, 0.3) is 0 Å². The van der Waals surface area contributed by atoms with E-state index in [1.807, 2.05) is 11.6 Å². The van der Waals surface area contributed by atoms with Crippen LogP contribution in [0.4, 0.5) is 4.79 Å². The standard InChI is InChI=1S/C15H29N9O3/c1-19-13(17)23(2)6-4-5-9(16)7-11(25)24(3)10-8-20-15(21-12(10)26)22-14(18)27/h9-10H,4-8,16H2,1-3H3,(H6,17,18,19,20,21,22,26,27)/p+1/t9-,10?/m0/s1. The molecule has 12 heteroatoms. The Kier molecular flexibility index (Phi) is 8.45. The Morgan fingerprint density at radius 3 is 2.67 bits per heavy atom. The number of amides is 4. The maximum Gasteiger partial charge on any atom is 0.342 e. The highest BCUT2D eigenvalue weighted by molar-refractivity contribution is 6.07. The lowest BCUT2D eigenvalue weighted by Crippen LogP contribution is -2.58. The molecule has 0 aromatic rings. The zero-order valence-electron chi connectivity index (χ0n) is 16.0. The zero-order chi connectivity index (χ0) is 20.6. The summed E-state index contributed by atoms with van der Waals surface area (Å²) in [6, 6.07) is -1.92. The van der Waals surface area contributed by atoms with Crippen molar-refractivity contribution in [3.05, 3.63) is 0 Å². The molecule has 1 heterocycles. The van der Waals surface area contributed by atoms with E-state index in [4.69, 9.17) is 17.2 Å². The number of likely N-dealkylation sites (N-methyl/N-ethyl adjacent to an activating group) is 1. The molecule has 0 bridgehead atoms. The third-order valence-electron chi connectivity index (χ3n) is 4.24. The fourth-order valence-corrected chi connectivity index (χ4v) is 2.53. The molecule has 1 unspecified atom stereocenters. The van der Waals surface area contributed by atoms with Crippen molar-refractivity contribution in [3.8, 4) is 0 Å². The lowest BCUT2D eigenvalue weighted by molar-refractivity contribution is -0.500. The lowest BCUT2D eigenvalue weighted by Gasteiger charge is -2.30. The Bertz CT molecular complexity index is 632. The first-order valence-electron chi connectivity index (χ1n) is 8.60. The number of carbonyl (C=O) groups excluding carboxylic acids is 3. The second-order valence-electron chi connectivity index (χ2n) is 6.35. The quantitative estimate of drug-likeness (QED) is 0.151. The van der Waals surface area contributed by atoms with Crippen LogP contribution in [0.5, 0.6) is 0 Å². The maximum atomic E-state index is 12.4. The predicted molar refractivity (Wildman–Crippen MR) is 101 cm³/mol. The summed E-state index contributed by atoms with van der Waals surface area (Å²) in [5, 5.41) is 7.44. The van der Waals surface area contributed by atoms with E-state index >= 15 is 0 Å². The lowest BCUT2D eigenvalue weighted by atomic mass is 10.1. The Hall–Kier alpha value is -2.89. The number of hydrogen-bond acceptors (Lipinski definition) is 5. The van der Waals surface area contributed by atoms with Gasteiger partial charge in [-0.05, 0) is 12.8 Å². The first kappa shape index (κ1) is 22.2. The van der Waals surface area contributed by atoms with Crippen LogP contribution in [-0.2, 0) is 9.59 Å². The van der Waals surface area contributed by atoms with Gasteiger partial charge in [-0.2, -0.15) is 0 Å². The van der Waals surface area contributed by atoms with Crippen molar-refractivity contribution < 1.29 is 19.0 Å². The Morgan fingerprint density at radius 1 is 1.44 bits per heavy atom. The molecule has 0 aliphatic carbocycles. The van der Waals surface area contributed by atoms with Crippen LogP contribution < -0.4 is 33.2 Å². The second kappa shape index (κ2) is 10.3. The van der Waals surface area contributed by atoms with Crippen LogP contribution in [0.2, 0.25) is 0 Å². The van der Waals surface area contributed by atoms with Gasteiger partial charge < -0.3 is 16.4 Å². The molecule has 1 aliphatic heterocycles. The number of hydrogen-bond donors (Lipinski definition) is 6. The van der Waals surface area contributed by atoms with E-state index in [0.29, 0.717) is 18.9 Å². The Labute approximate surface area is 158 Å². The minimum absolute atomic E-state index is 0.0249. The Balaban J connectivity index is 2.48. The summed E-state index contributed by atoms with van der Waals surface area (Å²) in [5.41, 5.74) is 16.8. The molecule has 152 valence electrons. The van der Waals surface area contributed by atoms with E-state index in [1.54, 1.807) is 7.05 Å². The first-order chi connectivity index (χ1) is 12.6. The minimum Gasteiger partial charge on any atom is -0.351 e. The Morgan fingerprint density at radius 2 is 2.11 bits per heavy atom. The van der Waals surface area contributed by atoms with Crippen LogP contribution in [0, 0.1) is 0 Å². The summed E-state index contributed by atoms with van der Waals surface area (Å²) in [7, 11) is 5.13. The van der Waals surface area contributed by atoms with Gasteiger partial charge in [0.15, 0.2) is 0 Å². The maximum absolute atomic E-state index is 12.4. The monoisotopic (exact) mass is 384 g/mol. The van der Waals surface area contributed by atoms with Crippen molar-refractivity contribution in [2.45, 2.75) is 31.3 Å². The van der Waals surface area contributed by atoms with Gasteiger partial charge in [0.2, 0.25) is 11.9 Å². The molecule has 0 saturated heterocycles. The fraction of sp³-hybridized carbons (Fsp3) is 0.667. The molecule has 0 fully saturated rings. The average molecular weight is 384 g/mol. The molecule has 1 rings (SSSR count). The number of primary amides is 1. The molecule has 0 aromatic carbocycles. The number of urea groups is 1. The number of aliphatic imine (C=N–C) groups is 1. The molecule has 0 spiro atoms. The van der Waals surface area contributed by atoms with Gasteiger partial charge in [0, 0.05) is 19.5 Å². The van der Waals surface area contributed by atoms with Gasteiger partial charge >= 0.3 is 12.0 Å². The van der Waals surface area contributed by atoms with Gasteiger partial charge in [0.05, 0.1) is 27.2 Å². The van der Waals surface area contributed by atoms with Gasteiger partial charge in [-0.1, -0.05) is 0 Å². The zero-order valence-corrected chi connectivity index (χ0v) is 16.0. The SMILES string of the molecule is CNC(N)=[N+](C)CCC[C@H](N)CC(=O)N(C)C1CN=C(NC(N)=O)NC1=O. The molecule has 0 aromatic heterocycles. The highest BCUT2D eigenvalue weighted by Crippen LogP contribution is 2.08. The molecule has 27 heavy (non-hydrogen) atoms. The van der Waals surface area contributed by atoms with Crippen LogP contribution in [0.3, 0.4) is 0 Å². The van der Waals surface area contributed by atoms with E-state index in [9.17, 15) is 14.4 Å². The summed E-state index contributed by atoms with van der Waals surface area (Å²) in [6.45, 7) is 0.739. The van der Waals surface area contributed by atoms with Crippen molar-refractivity contribution in [1.82, 2.24) is 20.9 Å². The van der Waals surface area contributed by atoms with E-state index < -0.39 is 18.0 Å². The number of nitrogens with one attached hydrogen (secondary N) is 3. The normalized spacial score (nSPS) is 18.6. The minimum atomic E-state index is -0.831. The van der Waals surface area contributed by atoms with Crippen LogP contribution in [0.15, 0.2) is 4.99 Å². The van der Waals surface area contributed by atoms with Crippen molar-refractivity contribution in [2.24, 2.45) is 22.2 Å². The van der Waals surface area contributed by atoms with Crippen LogP contribution in [0.1, 0.15) is 19.3 Å².